The maximum Gasteiger partial charge on any atom is 0.223 e. The number of benzene rings is 1. The van der Waals surface area contributed by atoms with Crippen molar-refractivity contribution in [2.24, 2.45) is 5.92 Å². The van der Waals surface area contributed by atoms with Gasteiger partial charge in [-0.15, -0.1) is 0 Å². The molecule has 1 amide bonds. The number of rotatable bonds is 5. The third-order valence-electron chi connectivity index (χ3n) is 5.73. The molecular weight excluding hydrogens is 343 g/mol. The Kier molecular flexibility index (Phi) is 5.25. The van der Waals surface area contributed by atoms with Gasteiger partial charge in [0.05, 0.1) is 24.5 Å². The summed E-state index contributed by atoms with van der Waals surface area (Å²) in [6.45, 7) is 5.69. The van der Waals surface area contributed by atoms with Crippen LogP contribution in [-0.4, -0.2) is 27.1 Å². The van der Waals surface area contributed by atoms with E-state index in [2.05, 4.69) is 21.4 Å². The molecule has 0 spiro atoms. The highest BCUT2D eigenvalue weighted by molar-refractivity contribution is 5.78. The maximum absolute atomic E-state index is 13.5. The molecule has 144 valence electrons. The zero-order valence-corrected chi connectivity index (χ0v) is 15.9. The maximum atomic E-state index is 13.5. The Morgan fingerprint density at radius 1 is 1.26 bits per heavy atom. The van der Waals surface area contributed by atoms with E-state index in [0.29, 0.717) is 12.1 Å². The van der Waals surface area contributed by atoms with Crippen molar-refractivity contribution < 1.29 is 9.18 Å². The number of aryl methyl sites for hydroxylation is 1. The molecule has 4 rings (SSSR count). The molecule has 27 heavy (non-hydrogen) atoms. The number of hydrogen-bond acceptors (Lipinski definition) is 3. The molecule has 6 heteroatoms. The van der Waals surface area contributed by atoms with Gasteiger partial charge >= 0.3 is 0 Å². The number of carbonyl (C=O) groups excluding carboxylic acids is 1. The molecule has 2 aliphatic rings. The number of aromatic nitrogens is 2. The van der Waals surface area contributed by atoms with Crippen LogP contribution < -0.4 is 5.32 Å². The van der Waals surface area contributed by atoms with Gasteiger partial charge in [0.15, 0.2) is 0 Å². The van der Waals surface area contributed by atoms with Crippen LogP contribution in [0.15, 0.2) is 24.3 Å². The molecule has 0 atom stereocenters. The van der Waals surface area contributed by atoms with Gasteiger partial charge in [-0.1, -0.05) is 25.0 Å². The Morgan fingerprint density at radius 2 is 2.07 bits per heavy atom. The molecule has 5 nitrogen and oxygen atoms in total. The molecule has 0 saturated heterocycles. The van der Waals surface area contributed by atoms with Gasteiger partial charge in [0.25, 0.3) is 0 Å². The lowest BCUT2D eigenvalue weighted by Gasteiger charge is -2.27. The summed E-state index contributed by atoms with van der Waals surface area (Å²) in [5.41, 5.74) is 3.92. The average Bonchev–Trinajstić information content (AvgIpc) is 3.32. The SMILES string of the molecule is Cc1cc(CN2CCn3nc(CNC(=O)C4CCCC4)cc3C2)ccc1F. The minimum atomic E-state index is -0.153. The summed E-state index contributed by atoms with van der Waals surface area (Å²) in [5, 5.41) is 7.69. The van der Waals surface area contributed by atoms with Crippen molar-refractivity contribution in [3.8, 4) is 0 Å². The second-order valence-corrected chi connectivity index (χ2v) is 7.84. The predicted octanol–water partition coefficient (Wildman–Crippen LogP) is 3.15. The normalized spacial score (nSPS) is 17.9. The average molecular weight is 370 g/mol. The van der Waals surface area contributed by atoms with Gasteiger partial charge in [-0.25, -0.2) is 4.39 Å². The van der Waals surface area contributed by atoms with E-state index in [1.54, 1.807) is 13.0 Å². The summed E-state index contributed by atoms with van der Waals surface area (Å²) in [7, 11) is 0. The fourth-order valence-electron chi connectivity index (χ4n) is 4.17. The molecule has 1 aromatic heterocycles. The zero-order valence-electron chi connectivity index (χ0n) is 15.9. The van der Waals surface area contributed by atoms with Crippen LogP contribution in [0.2, 0.25) is 0 Å². The third-order valence-corrected chi connectivity index (χ3v) is 5.73. The molecule has 2 aromatic rings. The topological polar surface area (TPSA) is 50.2 Å². The first-order chi connectivity index (χ1) is 13.1. The van der Waals surface area contributed by atoms with Gasteiger partial charge in [-0.3, -0.25) is 14.4 Å². The quantitative estimate of drug-likeness (QED) is 0.880. The van der Waals surface area contributed by atoms with E-state index >= 15 is 0 Å². The largest absolute Gasteiger partial charge is 0.350 e. The van der Waals surface area contributed by atoms with E-state index < -0.39 is 0 Å². The first kappa shape index (κ1) is 18.2. The summed E-state index contributed by atoms with van der Waals surface area (Å²) in [6, 6.07) is 7.42. The number of carbonyl (C=O) groups is 1. The highest BCUT2D eigenvalue weighted by Gasteiger charge is 2.23. The first-order valence-corrected chi connectivity index (χ1v) is 9.89. The van der Waals surface area contributed by atoms with E-state index in [1.165, 1.54) is 18.5 Å². The molecule has 1 aromatic carbocycles. The van der Waals surface area contributed by atoms with E-state index in [-0.39, 0.29) is 17.6 Å². The number of hydrogen-bond donors (Lipinski definition) is 1. The monoisotopic (exact) mass is 370 g/mol. The number of halogens is 1. The molecule has 1 aliphatic carbocycles. The van der Waals surface area contributed by atoms with Crippen LogP contribution >= 0.6 is 0 Å². The molecule has 1 N–H and O–H groups in total. The Bertz CT molecular complexity index is 826. The van der Waals surface area contributed by atoms with Crippen molar-refractivity contribution in [3.63, 3.8) is 0 Å². The van der Waals surface area contributed by atoms with Crippen molar-refractivity contribution in [1.29, 1.82) is 0 Å². The lowest BCUT2D eigenvalue weighted by Crippen LogP contribution is -2.33. The van der Waals surface area contributed by atoms with Crippen molar-refractivity contribution in [1.82, 2.24) is 20.0 Å². The molecule has 1 saturated carbocycles. The van der Waals surface area contributed by atoms with Crippen LogP contribution in [0, 0.1) is 18.7 Å². The van der Waals surface area contributed by atoms with E-state index in [0.717, 1.165) is 50.3 Å². The van der Waals surface area contributed by atoms with E-state index in [1.807, 2.05) is 16.8 Å². The first-order valence-electron chi connectivity index (χ1n) is 9.89. The fourth-order valence-corrected chi connectivity index (χ4v) is 4.17. The Hall–Kier alpha value is -2.21. The van der Waals surface area contributed by atoms with Crippen LogP contribution in [0.25, 0.3) is 0 Å². The summed E-state index contributed by atoms with van der Waals surface area (Å²) in [4.78, 5) is 14.5. The highest BCUT2D eigenvalue weighted by atomic mass is 19.1. The van der Waals surface area contributed by atoms with Crippen LogP contribution in [0.5, 0.6) is 0 Å². The molecule has 0 bridgehead atoms. The van der Waals surface area contributed by atoms with E-state index in [4.69, 9.17) is 0 Å². The van der Waals surface area contributed by atoms with Crippen molar-refractivity contribution in [2.75, 3.05) is 6.54 Å². The number of nitrogens with one attached hydrogen (secondary N) is 1. The molecule has 1 aliphatic heterocycles. The Morgan fingerprint density at radius 3 is 2.85 bits per heavy atom. The summed E-state index contributed by atoms with van der Waals surface area (Å²) < 4.78 is 15.5. The standard InChI is InChI=1S/C21H27FN4O/c1-15-10-16(6-7-20(15)22)13-25-8-9-26-19(14-25)11-18(24-26)12-23-21(27)17-4-2-3-5-17/h6-7,10-11,17H,2-5,8-9,12-14H2,1H3,(H,23,27). The Balaban J connectivity index is 1.34. The highest BCUT2D eigenvalue weighted by Crippen LogP contribution is 2.25. The third kappa shape index (κ3) is 4.21. The number of fused-ring (bicyclic) bond motifs is 1. The zero-order chi connectivity index (χ0) is 18.8. The minimum Gasteiger partial charge on any atom is -0.350 e. The number of nitrogens with zero attached hydrogens (tertiary/aromatic N) is 3. The van der Waals surface area contributed by atoms with Gasteiger partial charge in [-0.2, -0.15) is 5.10 Å². The van der Waals surface area contributed by atoms with Crippen LogP contribution in [0.4, 0.5) is 4.39 Å². The van der Waals surface area contributed by atoms with E-state index in [9.17, 15) is 9.18 Å². The minimum absolute atomic E-state index is 0.153. The summed E-state index contributed by atoms with van der Waals surface area (Å²) in [5.74, 6) is 0.212. The van der Waals surface area contributed by atoms with Crippen molar-refractivity contribution in [3.05, 3.63) is 52.6 Å². The van der Waals surface area contributed by atoms with Crippen molar-refractivity contribution >= 4 is 5.91 Å². The van der Waals surface area contributed by atoms with Crippen LogP contribution in [-0.2, 0) is 31.0 Å². The van der Waals surface area contributed by atoms with Gasteiger partial charge in [0.2, 0.25) is 5.91 Å². The molecule has 1 fully saturated rings. The lowest BCUT2D eigenvalue weighted by molar-refractivity contribution is -0.124. The molecular formula is C21H27FN4O. The predicted molar refractivity (Wildman–Crippen MR) is 101 cm³/mol. The molecule has 0 radical (unpaired) electrons. The van der Waals surface area contributed by atoms with Gasteiger partial charge in [-0.05, 0) is 43.0 Å². The van der Waals surface area contributed by atoms with Gasteiger partial charge in [0, 0.05) is 25.6 Å². The molecule has 0 unspecified atom stereocenters. The van der Waals surface area contributed by atoms with Crippen LogP contribution in [0.3, 0.4) is 0 Å². The van der Waals surface area contributed by atoms with Gasteiger partial charge in [0.1, 0.15) is 5.82 Å². The van der Waals surface area contributed by atoms with Gasteiger partial charge < -0.3 is 5.32 Å². The second kappa shape index (κ2) is 7.80. The van der Waals surface area contributed by atoms with Crippen molar-refractivity contribution in [2.45, 2.75) is 58.8 Å². The fraction of sp³-hybridized carbons (Fsp3) is 0.524. The summed E-state index contributed by atoms with van der Waals surface area (Å²) in [6.07, 6.45) is 4.37. The smallest absolute Gasteiger partial charge is 0.223 e. The summed E-state index contributed by atoms with van der Waals surface area (Å²) >= 11 is 0. The Labute approximate surface area is 159 Å². The number of amides is 1. The lowest BCUT2D eigenvalue weighted by atomic mass is 10.1. The second-order valence-electron chi connectivity index (χ2n) is 7.84. The van der Waals surface area contributed by atoms with Crippen LogP contribution in [0.1, 0.15) is 48.2 Å². The molecule has 2 heterocycles.